The van der Waals surface area contributed by atoms with Crippen molar-refractivity contribution in [3.63, 3.8) is 0 Å². The van der Waals surface area contributed by atoms with Crippen LogP contribution in [-0.4, -0.2) is 48.6 Å². The lowest BCUT2D eigenvalue weighted by Crippen LogP contribution is -2.41. The van der Waals surface area contributed by atoms with Crippen LogP contribution in [0.25, 0.3) is 0 Å². The van der Waals surface area contributed by atoms with Gasteiger partial charge in [0.15, 0.2) is 5.96 Å². The molecular weight excluding hydrogens is 421 g/mol. The minimum atomic E-state index is 0. The highest BCUT2D eigenvalue weighted by atomic mass is 127. The minimum absolute atomic E-state index is 0. The summed E-state index contributed by atoms with van der Waals surface area (Å²) in [7, 11) is 0. The Morgan fingerprint density at radius 3 is 2.61 bits per heavy atom. The Bertz CT molecular complexity index is 455. The van der Waals surface area contributed by atoms with Crippen LogP contribution in [0.2, 0.25) is 0 Å². The standard InChI is InChI=1S/C16H29N5S.HI/c1-3-17-16(20-13-15-19-12-14(2)22-15)18-8-11-21-9-6-4-5-7-10-21;/h12H,3-11,13H2,1-2H3,(H2,17,18,20);1H. The first kappa shape index (κ1) is 20.6. The molecule has 0 aromatic carbocycles. The summed E-state index contributed by atoms with van der Waals surface area (Å²) in [5, 5.41) is 7.82. The summed E-state index contributed by atoms with van der Waals surface area (Å²) in [4.78, 5) is 12.8. The number of aliphatic imine (C=N–C) groups is 1. The second-order valence-corrected chi connectivity index (χ2v) is 7.06. The van der Waals surface area contributed by atoms with E-state index in [9.17, 15) is 0 Å². The Morgan fingerprint density at radius 1 is 1.26 bits per heavy atom. The van der Waals surface area contributed by atoms with E-state index in [1.54, 1.807) is 11.3 Å². The first-order chi connectivity index (χ1) is 10.8. The number of aromatic nitrogens is 1. The first-order valence-corrected chi connectivity index (χ1v) is 9.25. The Balaban J connectivity index is 0.00000264. The molecule has 23 heavy (non-hydrogen) atoms. The molecule has 0 bridgehead atoms. The molecule has 0 aliphatic carbocycles. The van der Waals surface area contributed by atoms with Crippen LogP contribution in [0.4, 0.5) is 0 Å². The van der Waals surface area contributed by atoms with Gasteiger partial charge >= 0.3 is 0 Å². The summed E-state index contributed by atoms with van der Waals surface area (Å²) in [5.74, 6) is 0.894. The Labute approximate surface area is 161 Å². The number of halogens is 1. The number of likely N-dealkylation sites (tertiary alicyclic amines) is 1. The van der Waals surface area contributed by atoms with Crippen molar-refractivity contribution in [2.24, 2.45) is 4.99 Å². The van der Waals surface area contributed by atoms with Crippen LogP contribution in [0, 0.1) is 6.92 Å². The fourth-order valence-electron chi connectivity index (χ4n) is 2.66. The molecule has 1 aliphatic rings. The monoisotopic (exact) mass is 451 g/mol. The number of nitrogens with one attached hydrogen (secondary N) is 2. The number of aryl methyl sites for hydroxylation is 1. The van der Waals surface area contributed by atoms with E-state index in [2.05, 4.69) is 39.4 Å². The van der Waals surface area contributed by atoms with Crippen molar-refractivity contribution in [3.05, 3.63) is 16.1 Å². The molecule has 0 amide bonds. The summed E-state index contributed by atoms with van der Waals surface area (Å²) in [6.45, 7) is 10.2. The van der Waals surface area contributed by atoms with Crippen molar-refractivity contribution >= 4 is 41.3 Å². The third kappa shape index (κ3) is 8.30. The summed E-state index contributed by atoms with van der Waals surface area (Å²) >= 11 is 1.71. The van der Waals surface area contributed by atoms with Gasteiger partial charge in [0, 0.05) is 30.7 Å². The van der Waals surface area contributed by atoms with E-state index in [1.807, 2.05) is 6.20 Å². The summed E-state index contributed by atoms with van der Waals surface area (Å²) in [5.41, 5.74) is 0. The molecule has 0 saturated carbocycles. The van der Waals surface area contributed by atoms with Gasteiger partial charge in [0.1, 0.15) is 5.01 Å². The van der Waals surface area contributed by atoms with E-state index in [-0.39, 0.29) is 24.0 Å². The first-order valence-electron chi connectivity index (χ1n) is 8.44. The second-order valence-electron chi connectivity index (χ2n) is 5.74. The molecule has 2 heterocycles. The number of rotatable bonds is 6. The maximum Gasteiger partial charge on any atom is 0.191 e. The van der Waals surface area contributed by atoms with Gasteiger partial charge in [-0.2, -0.15) is 0 Å². The van der Waals surface area contributed by atoms with Gasteiger partial charge in [-0.15, -0.1) is 35.3 Å². The van der Waals surface area contributed by atoms with Crippen LogP contribution < -0.4 is 10.6 Å². The van der Waals surface area contributed by atoms with Gasteiger partial charge in [-0.05, 0) is 39.8 Å². The van der Waals surface area contributed by atoms with Gasteiger partial charge in [-0.3, -0.25) is 0 Å². The molecule has 1 aromatic heterocycles. The number of nitrogens with zero attached hydrogens (tertiary/aromatic N) is 3. The summed E-state index contributed by atoms with van der Waals surface area (Å²) in [6.07, 6.45) is 7.38. The molecule has 7 heteroatoms. The van der Waals surface area contributed by atoms with Gasteiger partial charge < -0.3 is 15.5 Å². The van der Waals surface area contributed by atoms with E-state index in [0.717, 1.165) is 30.6 Å². The molecule has 2 rings (SSSR count). The van der Waals surface area contributed by atoms with Gasteiger partial charge in [-0.25, -0.2) is 9.98 Å². The molecule has 1 aliphatic heterocycles. The van der Waals surface area contributed by atoms with Gasteiger partial charge in [-0.1, -0.05) is 12.8 Å². The molecule has 2 N–H and O–H groups in total. The fourth-order valence-corrected chi connectivity index (χ4v) is 3.37. The molecule has 1 saturated heterocycles. The Hall–Kier alpha value is -0.410. The topological polar surface area (TPSA) is 52.6 Å². The van der Waals surface area contributed by atoms with Crippen LogP contribution in [0.15, 0.2) is 11.2 Å². The molecule has 0 spiro atoms. The Kier molecular flexibility index (Phi) is 10.8. The highest BCUT2D eigenvalue weighted by Crippen LogP contribution is 2.11. The number of guanidine groups is 1. The maximum absolute atomic E-state index is 4.62. The molecule has 0 unspecified atom stereocenters. The van der Waals surface area contributed by atoms with Crippen molar-refractivity contribution in [1.29, 1.82) is 0 Å². The number of thiazole rings is 1. The van der Waals surface area contributed by atoms with E-state index < -0.39 is 0 Å². The van der Waals surface area contributed by atoms with E-state index in [0.29, 0.717) is 6.54 Å². The van der Waals surface area contributed by atoms with Crippen LogP contribution in [0.1, 0.15) is 42.5 Å². The predicted octanol–water partition coefficient (Wildman–Crippen LogP) is 3.00. The van der Waals surface area contributed by atoms with Crippen molar-refractivity contribution in [1.82, 2.24) is 20.5 Å². The zero-order valence-electron chi connectivity index (χ0n) is 14.3. The van der Waals surface area contributed by atoms with Crippen LogP contribution >= 0.6 is 35.3 Å². The highest BCUT2D eigenvalue weighted by Gasteiger charge is 2.08. The molecule has 1 aromatic rings. The van der Waals surface area contributed by atoms with Gasteiger partial charge in [0.2, 0.25) is 0 Å². The highest BCUT2D eigenvalue weighted by molar-refractivity contribution is 14.0. The molecule has 0 atom stereocenters. The van der Waals surface area contributed by atoms with Gasteiger partial charge in [0.05, 0.1) is 6.54 Å². The zero-order chi connectivity index (χ0) is 15.6. The average molecular weight is 451 g/mol. The van der Waals surface area contributed by atoms with Crippen LogP contribution in [0.5, 0.6) is 0 Å². The molecule has 132 valence electrons. The quantitative estimate of drug-likeness (QED) is 0.397. The van der Waals surface area contributed by atoms with E-state index >= 15 is 0 Å². The zero-order valence-corrected chi connectivity index (χ0v) is 17.5. The van der Waals surface area contributed by atoms with E-state index in [4.69, 9.17) is 0 Å². The lowest BCUT2D eigenvalue weighted by Gasteiger charge is -2.20. The molecular formula is C16H30IN5S. The largest absolute Gasteiger partial charge is 0.357 e. The predicted molar refractivity (Wildman–Crippen MR) is 110 cm³/mol. The maximum atomic E-state index is 4.62. The third-order valence-corrected chi connectivity index (χ3v) is 4.70. The fraction of sp³-hybridized carbons (Fsp3) is 0.750. The van der Waals surface area contributed by atoms with Crippen molar-refractivity contribution in [2.75, 3.05) is 32.7 Å². The summed E-state index contributed by atoms with van der Waals surface area (Å²) < 4.78 is 0. The number of hydrogen-bond acceptors (Lipinski definition) is 4. The number of hydrogen-bond donors (Lipinski definition) is 2. The van der Waals surface area contributed by atoms with Crippen molar-refractivity contribution < 1.29 is 0 Å². The minimum Gasteiger partial charge on any atom is -0.357 e. The van der Waals surface area contributed by atoms with Gasteiger partial charge in [0.25, 0.3) is 0 Å². The SMILES string of the molecule is CCNC(=NCc1ncc(C)s1)NCCN1CCCCCC1.I. The lowest BCUT2D eigenvalue weighted by molar-refractivity contribution is 0.289. The van der Waals surface area contributed by atoms with Crippen molar-refractivity contribution in [2.45, 2.75) is 46.1 Å². The lowest BCUT2D eigenvalue weighted by atomic mass is 10.2. The molecule has 1 fully saturated rings. The van der Waals surface area contributed by atoms with E-state index in [1.165, 1.54) is 43.6 Å². The average Bonchev–Trinajstić information content (AvgIpc) is 2.76. The van der Waals surface area contributed by atoms with Crippen molar-refractivity contribution in [3.8, 4) is 0 Å². The Morgan fingerprint density at radius 2 is 2.00 bits per heavy atom. The molecule has 5 nitrogen and oxygen atoms in total. The second kappa shape index (κ2) is 12.0. The van der Waals surface area contributed by atoms with Crippen LogP contribution in [-0.2, 0) is 6.54 Å². The third-order valence-electron chi connectivity index (χ3n) is 3.80. The normalized spacial score (nSPS) is 16.5. The van der Waals surface area contributed by atoms with Crippen LogP contribution in [0.3, 0.4) is 0 Å². The smallest absolute Gasteiger partial charge is 0.191 e. The summed E-state index contributed by atoms with van der Waals surface area (Å²) in [6, 6.07) is 0. The molecule has 0 radical (unpaired) electrons.